The lowest BCUT2D eigenvalue weighted by molar-refractivity contribution is -0.138. The highest BCUT2D eigenvalue weighted by Gasteiger charge is 2.23. The maximum absolute atomic E-state index is 12.4. The molecule has 0 aliphatic heterocycles. The topological polar surface area (TPSA) is 205 Å². The molecule has 2 amide bonds. The Morgan fingerprint density at radius 3 is 2.42 bits per heavy atom. The molecule has 0 aliphatic rings. The highest BCUT2D eigenvalue weighted by molar-refractivity contribution is 7.99. The summed E-state index contributed by atoms with van der Waals surface area (Å²) in [6.07, 6.45) is -0.394. The van der Waals surface area contributed by atoms with Crippen LogP contribution in [0.3, 0.4) is 0 Å². The molecule has 0 bridgehead atoms. The fourth-order valence-corrected chi connectivity index (χ4v) is 3.20. The van der Waals surface area contributed by atoms with Crippen molar-refractivity contribution in [2.45, 2.75) is 36.7 Å². The van der Waals surface area contributed by atoms with E-state index in [-0.39, 0.29) is 47.1 Å². The minimum atomic E-state index is -1.27. The highest BCUT2D eigenvalue weighted by Crippen LogP contribution is 2.31. The standard InChI is InChI=1S/C18H22N4O8S/c1-9(23)7-20-16(25)13(21-15(24)5-3-11(19)18(28)29)8-31-14-4-2-10(17(26)27)6-12(14)22-30/h2,4,6,11,13H,3,5,7-8,19H2,1H3,(H,20,25)(H,21,24)(H,26,27)(H,28,29). The van der Waals surface area contributed by atoms with E-state index in [9.17, 15) is 28.9 Å². The van der Waals surface area contributed by atoms with Crippen LogP contribution < -0.4 is 16.4 Å². The SMILES string of the molecule is CC(=O)CNC(=O)C(CSc1ccc(C(=O)O)cc1N=O)NC(=O)CCC(N)C(=O)O. The quantitative estimate of drug-likeness (QED) is 0.203. The van der Waals surface area contributed by atoms with E-state index in [0.717, 1.165) is 17.8 Å². The monoisotopic (exact) mass is 454 g/mol. The van der Waals surface area contributed by atoms with E-state index < -0.39 is 35.8 Å². The van der Waals surface area contributed by atoms with E-state index in [1.807, 2.05) is 0 Å². The smallest absolute Gasteiger partial charge is 0.335 e. The number of rotatable bonds is 13. The molecule has 31 heavy (non-hydrogen) atoms. The van der Waals surface area contributed by atoms with Gasteiger partial charge >= 0.3 is 11.9 Å². The van der Waals surface area contributed by atoms with Gasteiger partial charge in [-0.1, -0.05) is 0 Å². The van der Waals surface area contributed by atoms with Crippen LogP contribution in [-0.4, -0.2) is 64.1 Å². The van der Waals surface area contributed by atoms with Crippen molar-refractivity contribution in [2.75, 3.05) is 12.3 Å². The number of hydrogen-bond donors (Lipinski definition) is 5. The molecular formula is C18H22N4O8S. The number of hydrogen-bond acceptors (Lipinski definition) is 9. The van der Waals surface area contributed by atoms with Crippen molar-refractivity contribution in [1.82, 2.24) is 10.6 Å². The summed E-state index contributed by atoms with van der Waals surface area (Å²) >= 11 is 0.968. The molecule has 1 aromatic carbocycles. The van der Waals surface area contributed by atoms with E-state index >= 15 is 0 Å². The van der Waals surface area contributed by atoms with Gasteiger partial charge in [0.15, 0.2) is 0 Å². The molecule has 1 aromatic rings. The Morgan fingerprint density at radius 1 is 1.19 bits per heavy atom. The third kappa shape index (κ3) is 8.92. The van der Waals surface area contributed by atoms with Gasteiger partial charge in [-0.25, -0.2) is 4.79 Å². The summed E-state index contributed by atoms with van der Waals surface area (Å²) in [6.45, 7) is 1.01. The molecule has 0 heterocycles. The van der Waals surface area contributed by atoms with Crippen molar-refractivity contribution in [3.63, 3.8) is 0 Å². The van der Waals surface area contributed by atoms with Crippen LogP contribution >= 0.6 is 11.8 Å². The Labute approximate surface area is 180 Å². The number of nitroso groups, excluding NO2 is 1. The van der Waals surface area contributed by atoms with Gasteiger partial charge in [0.25, 0.3) is 0 Å². The molecule has 6 N–H and O–H groups in total. The highest BCUT2D eigenvalue weighted by atomic mass is 32.2. The van der Waals surface area contributed by atoms with Crippen LogP contribution in [0.15, 0.2) is 28.3 Å². The number of thioether (sulfide) groups is 1. The number of nitrogens with two attached hydrogens (primary N) is 1. The Morgan fingerprint density at radius 2 is 1.87 bits per heavy atom. The third-order valence-corrected chi connectivity index (χ3v) is 5.03. The molecule has 0 saturated carbocycles. The molecule has 0 fully saturated rings. The molecule has 168 valence electrons. The molecular weight excluding hydrogens is 432 g/mol. The number of carbonyl (C=O) groups is 5. The lowest BCUT2D eigenvalue weighted by atomic mass is 10.1. The van der Waals surface area contributed by atoms with Crippen molar-refractivity contribution in [2.24, 2.45) is 10.9 Å². The number of carboxylic acid groups (broad SMARTS) is 2. The number of aromatic carboxylic acids is 1. The number of Topliss-reactive ketones (excluding diaryl/α,β-unsaturated/α-hetero) is 1. The fourth-order valence-electron chi connectivity index (χ4n) is 2.21. The van der Waals surface area contributed by atoms with E-state index in [2.05, 4.69) is 15.8 Å². The van der Waals surface area contributed by atoms with Gasteiger partial charge < -0.3 is 26.6 Å². The summed E-state index contributed by atoms with van der Waals surface area (Å²) < 4.78 is 0. The van der Waals surface area contributed by atoms with Crippen LogP contribution in [0.25, 0.3) is 0 Å². The van der Waals surface area contributed by atoms with Crippen LogP contribution in [0.2, 0.25) is 0 Å². The van der Waals surface area contributed by atoms with Crippen LogP contribution in [0, 0.1) is 4.91 Å². The number of carboxylic acids is 2. The van der Waals surface area contributed by atoms with Crippen molar-refractivity contribution in [3.8, 4) is 0 Å². The fraction of sp³-hybridized carbons (Fsp3) is 0.389. The van der Waals surface area contributed by atoms with Crippen molar-refractivity contribution < 1.29 is 34.2 Å². The van der Waals surface area contributed by atoms with Gasteiger partial charge in [-0.3, -0.25) is 19.2 Å². The minimum Gasteiger partial charge on any atom is -0.480 e. The van der Waals surface area contributed by atoms with Crippen LogP contribution in [0.5, 0.6) is 0 Å². The molecule has 0 radical (unpaired) electrons. The Kier molecular flexibility index (Phi) is 10.3. The Balaban J connectivity index is 2.89. The molecule has 2 atom stereocenters. The van der Waals surface area contributed by atoms with Gasteiger partial charge in [0, 0.05) is 17.1 Å². The van der Waals surface area contributed by atoms with Gasteiger partial charge in [-0.15, -0.1) is 16.7 Å². The van der Waals surface area contributed by atoms with Gasteiger partial charge in [0.1, 0.15) is 23.6 Å². The van der Waals surface area contributed by atoms with Crippen LogP contribution in [0.4, 0.5) is 5.69 Å². The van der Waals surface area contributed by atoms with Crippen LogP contribution in [0.1, 0.15) is 30.1 Å². The number of aliphatic carboxylic acids is 1. The number of nitrogens with zero attached hydrogens (tertiary/aromatic N) is 1. The van der Waals surface area contributed by atoms with E-state index in [0.29, 0.717) is 0 Å². The summed E-state index contributed by atoms with van der Waals surface area (Å²) in [5.41, 5.74) is 5.07. The van der Waals surface area contributed by atoms with Crippen LogP contribution in [-0.2, 0) is 19.2 Å². The molecule has 0 aromatic heterocycles. The molecule has 0 aliphatic carbocycles. The first-order valence-corrected chi connectivity index (χ1v) is 9.92. The van der Waals surface area contributed by atoms with Gasteiger partial charge in [-0.2, -0.15) is 0 Å². The first-order chi connectivity index (χ1) is 14.5. The summed E-state index contributed by atoms with van der Waals surface area (Å²) in [6, 6.07) is 1.32. The molecule has 2 unspecified atom stereocenters. The average Bonchev–Trinajstić information content (AvgIpc) is 2.72. The summed E-state index contributed by atoms with van der Waals surface area (Å²) in [5.74, 6) is -4.19. The predicted octanol–water partition coefficient (Wildman–Crippen LogP) is 0.257. The van der Waals surface area contributed by atoms with E-state index in [4.69, 9.17) is 15.9 Å². The Hall–Kier alpha value is -3.32. The maximum Gasteiger partial charge on any atom is 0.335 e. The van der Waals surface area contributed by atoms with Crippen molar-refractivity contribution in [3.05, 3.63) is 28.7 Å². The number of benzene rings is 1. The van der Waals surface area contributed by atoms with E-state index in [1.165, 1.54) is 19.1 Å². The lowest BCUT2D eigenvalue weighted by Gasteiger charge is -2.18. The molecule has 13 heteroatoms. The van der Waals surface area contributed by atoms with Gasteiger partial charge in [-0.05, 0) is 36.7 Å². The summed E-state index contributed by atoms with van der Waals surface area (Å²) in [4.78, 5) is 68.7. The average molecular weight is 454 g/mol. The van der Waals surface area contributed by atoms with Crippen molar-refractivity contribution in [1.29, 1.82) is 0 Å². The number of ketones is 1. The summed E-state index contributed by atoms with van der Waals surface area (Å²) in [7, 11) is 0. The second-order valence-corrected chi connectivity index (χ2v) is 7.48. The number of nitrogens with one attached hydrogen (secondary N) is 2. The lowest BCUT2D eigenvalue weighted by Crippen LogP contribution is -2.49. The molecule has 1 rings (SSSR count). The minimum absolute atomic E-state index is 0.0740. The van der Waals surface area contributed by atoms with Gasteiger partial charge in [0.2, 0.25) is 11.8 Å². The molecule has 0 spiro atoms. The first kappa shape index (κ1) is 25.7. The molecule has 12 nitrogen and oxygen atoms in total. The summed E-state index contributed by atoms with van der Waals surface area (Å²) in [5, 5.41) is 25.3. The molecule has 0 saturated heterocycles. The zero-order chi connectivity index (χ0) is 23.6. The second-order valence-electron chi connectivity index (χ2n) is 6.41. The third-order valence-electron chi connectivity index (χ3n) is 3.87. The predicted molar refractivity (Wildman–Crippen MR) is 110 cm³/mol. The largest absolute Gasteiger partial charge is 0.480 e. The number of carbonyl (C=O) groups excluding carboxylic acids is 3. The Bertz CT molecular complexity index is 876. The number of amides is 2. The first-order valence-electron chi connectivity index (χ1n) is 8.93. The van der Waals surface area contributed by atoms with Gasteiger partial charge in [0.05, 0.1) is 12.1 Å². The second kappa shape index (κ2) is 12.4. The van der Waals surface area contributed by atoms with E-state index in [1.54, 1.807) is 0 Å². The maximum atomic E-state index is 12.4. The zero-order valence-corrected chi connectivity index (χ0v) is 17.3. The van der Waals surface area contributed by atoms with Crippen molar-refractivity contribution >= 4 is 47.0 Å². The normalized spacial score (nSPS) is 12.3. The zero-order valence-electron chi connectivity index (χ0n) is 16.5.